The first kappa shape index (κ1) is 14.2. The summed E-state index contributed by atoms with van der Waals surface area (Å²) >= 11 is 5.77. The van der Waals surface area contributed by atoms with Gasteiger partial charge in [0, 0.05) is 11.1 Å². The van der Waals surface area contributed by atoms with Crippen molar-refractivity contribution in [3.05, 3.63) is 28.8 Å². The van der Waals surface area contributed by atoms with E-state index in [1.165, 1.54) is 18.9 Å². The molecule has 0 spiro atoms. The summed E-state index contributed by atoms with van der Waals surface area (Å²) in [7, 11) is 0. The second kappa shape index (κ2) is 6.29. The SMILES string of the molecule is CCC1CCCCC1NC(=O)c1ccc(Cl)cc1O. The molecule has 1 aromatic carbocycles. The molecule has 2 rings (SSSR count). The standard InChI is InChI=1S/C15H20ClNO2/c1-2-10-5-3-4-6-13(10)17-15(19)12-8-7-11(16)9-14(12)18/h7-10,13,18H,2-6H2,1H3,(H,17,19). The number of phenols is 1. The van der Waals surface area contributed by atoms with E-state index in [1.807, 2.05) is 0 Å². The molecule has 2 atom stereocenters. The third-order valence-corrected chi connectivity index (χ3v) is 4.19. The average Bonchev–Trinajstić information content (AvgIpc) is 2.39. The van der Waals surface area contributed by atoms with Crippen LogP contribution in [0, 0.1) is 5.92 Å². The second-order valence-corrected chi connectivity index (χ2v) is 5.63. The molecule has 2 unspecified atom stereocenters. The lowest BCUT2D eigenvalue weighted by Gasteiger charge is -2.31. The zero-order valence-electron chi connectivity index (χ0n) is 11.2. The minimum atomic E-state index is -0.209. The van der Waals surface area contributed by atoms with E-state index >= 15 is 0 Å². The Labute approximate surface area is 119 Å². The van der Waals surface area contributed by atoms with Gasteiger partial charge in [-0.05, 0) is 37.0 Å². The monoisotopic (exact) mass is 281 g/mol. The summed E-state index contributed by atoms with van der Waals surface area (Å²) < 4.78 is 0. The first-order valence-corrected chi connectivity index (χ1v) is 7.29. The van der Waals surface area contributed by atoms with Crippen LogP contribution in [0.4, 0.5) is 0 Å². The number of hydrogen-bond donors (Lipinski definition) is 2. The Kier molecular flexibility index (Phi) is 4.70. The maximum absolute atomic E-state index is 12.2. The van der Waals surface area contributed by atoms with Crippen molar-refractivity contribution < 1.29 is 9.90 Å². The fraction of sp³-hybridized carbons (Fsp3) is 0.533. The Balaban J connectivity index is 2.07. The van der Waals surface area contributed by atoms with E-state index in [2.05, 4.69) is 12.2 Å². The Hall–Kier alpha value is -1.22. The lowest BCUT2D eigenvalue weighted by atomic mass is 9.83. The highest BCUT2D eigenvalue weighted by Gasteiger charge is 2.26. The van der Waals surface area contributed by atoms with Crippen molar-refractivity contribution in [3.8, 4) is 5.75 Å². The summed E-state index contributed by atoms with van der Waals surface area (Å²) in [5.74, 6) is 0.278. The van der Waals surface area contributed by atoms with E-state index in [9.17, 15) is 9.90 Å². The topological polar surface area (TPSA) is 49.3 Å². The van der Waals surface area contributed by atoms with Crippen LogP contribution in [-0.4, -0.2) is 17.1 Å². The van der Waals surface area contributed by atoms with Gasteiger partial charge in [-0.25, -0.2) is 0 Å². The first-order chi connectivity index (χ1) is 9.11. The quantitative estimate of drug-likeness (QED) is 0.887. The van der Waals surface area contributed by atoms with Gasteiger partial charge in [0.05, 0.1) is 5.56 Å². The number of benzene rings is 1. The highest BCUT2D eigenvalue weighted by Crippen LogP contribution is 2.28. The molecule has 0 radical (unpaired) electrons. The van der Waals surface area contributed by atoms with Crippen LogP contribution < -0.4 is 5.32 Å². The Bertz CT molecular complexity index is 461. The molecule has 0 saturated heterocycles. The van der Waals surface area contributed by atoms with E-state index in [-0.39, 0.29) is 17.7 Å². The van der Waals surface area contributed by atoms with Gasteiger partial charge in [0.25, 0.3) is 5.91 Å². The maximum Gasteiger partial charge on any atom is 0.255 e. The van der Waals surface area contributed by atoms with Crippen LogP contribution in [0.3, 0.4) is 0 Å². The minimum absolute atomic E-state index is 0.0612. The van der Waals surface area contributed by atoms with Gasteiger partial charge < -0.3 is 10.4 Å². The van der Waals surface area contributed by atoms with Gasteiger partial charge in [-0.1, -0.05) is 37.8 Å². The number of nitrogens with one attached hydrogen (secondary N) is 1. The van der Waals surface area contributed by atoms with E-state index in [0.29, 0.717) is 16.5 Å². The molecular formula is C15H20ClNO2. The molecule has 1 aliphatic rings. The molecule has 4 heteroatoms. The largest absolute Gasteiger partial charge is 0.507 e. The number of carbonyl (C=O) groups is 1. The molecule has 19 heavy (non-hydrogen) atoms. The molecule has 0 bridgehead atoms. The van der Waals surface area contributed by atoms with E-state index in [0.717, 1.165) is 19.3 Å². The van der Waals surface area contributed by atoms with Crippen molar-refractivity contribution >= 4 is 17.5 Å². The first-order valence-electron chi connectivity index (χ1n) is 6.91. The third-order valence-electron chi connectivity index (χ3n) is 3.95. The number of amides is 1. The number of hydrogen-bond acceptors (Lipinski definition) is 2. The van der Waals surface area contributed by atoms with Gasteiger partial charge in [-0.15, -0.1) is 0 Å². The lowest BCUT2D eigenvalue weighted by Crippen LogP contribution is -2.41. The Morgan fingerprint density at radius 2 is 2.16 bits per heavy atom. The van der Waals surface area contributed by atoms with Crippen molar-refractivity contribution in [1.82, 2.24) is 5.32 Å². The lowest BCUT2D eigenvalue weighted by molar-refractivity contribution is 0.0902. The summed E-state index contributed by atoms with van der Waals surface area (Å²) in [6.07, 6.45) is 5.69. The van der Waals surface area contributed by atoms with Crippen LogP contribution in [0.25, 0.3) is 0 Å². The van der Waals surface area contributed by atoms with Crippen molar-refractivity contribution in [2.45, 2.75) is 45.1 Å². The highest BCUT2D eigenvalue weighted by molar-refractivity contribution is 6.30. The zero-order valence-corrected chi connectivity index (χ0v) is 11.9. The number of aromatic hydroxyl groups is 1. The van der Waals surface area contributed by atoms with Crippen molar-refractivity contribution in [2.75, 3.05) is 0 Å². The van der Waals surface area contributed by atoms with Crippen LogP contribution >= 0.6 is 11.6 Å². The number of carbonyl (C=O) groups excluding carboxylic acids is 1. The van der Waals surface area contributed by atoms with Gasteiger partial charge in [-0.2, -0.15) is 0 Å². The zero-order chi connectivity index (χ0) is 13.8. The van der Waals surface area contributed by atoms with Gasteiger partial charge in [0.1, 0.15) is 5.75 Å². The van der Waals surface area contributed by atoms with Gasteiger partial charge in [-0.3, -0.25) is 4.79 Å². The van der Waals surface area contributed by atoms with Crippen LogP contribution in [0.2, 0.25) is 5.02 Å². The third kappa shape index (κ3) is 3.41. The molecule has 1 aliphatic carbocycles. The summed E-state index contributed by atoms with van der Waals surface area (Å²) in [6, 6.07) is 4.81. The van der Waals surface area contributed by atoms with Crippen LogP contribution in [0.1, 0.15) is 49.4 Å². The van der Waals surface area contributed by atoms with Gasteiger partial charge in [0.2, 0.25) is 0 Å². The summed E-state index contributed by atoms with van der Waals surface area (Å²) in [4.78, 5) is 12.2. The predicted octanol–water partition coefficient (Wildman–Crippen LogP) is 3.74. The highest BCUT2D eigenvalue weighted by atomic mass is 35.5. The molecule has 0 aliphatic heterocycles. The van der Waals surface area contributed by atoms with E-state index in [4.69, 9.17) is 11.6 Å². The van der Waals surface area contributed by atoms with Crippen LogP contribution in [0.5, 0.6) is 5.75 Å². The molecule has 1 amide bonds. The molecule has 1 saturated carbocycles. The molecule has 2 N–H and O–H groups in total. The fourth-order valence-electron chi connectivity index (χ4n) is 2.83. The Morgan fingerprint density at radius 3 is 2.84 bits per heavy atom. The molecule has 0 heterocycles. The number of halogens is 1. The smallest absolute Gasteiger partial charge is 0.255 e. The second-order valence-electron chi connectivity index (χ2n) is 5.19. The van der Waals surface area contributed by atoms with Crippen molar-refractivity contribution in [1.29, 1.82) is 0 Å². The average molecular weight is 282 g/mol. The summed E-state index contributed by atoms with van der Waals surface area (Å²) in [5, 5.41) is 13.3. The van der Waals surface area contributed by atoms with Gasteiger partial charge in [0.15, 0.2) is 0 Å². The Morgan fingerprint density at radius 1 is 1.42 bits per heavy atom. The molecule has 3 nitrogen and oxygen atoms in total. The number of rotatable bonds is 3. The van der Waals surface area contributed by atoms with Gasteiger partial charge >= 0.3 is 0 Å². The minimum Gasteiger partial charge on any atom is -0.507 e. The summed E-state index contributed by atoms with van der Waals surface area (Å²) in [6.45, 7) is 2.16. The fourth-order valence-corrected chi connectivity index (χ4v) is 3.00. The normalized spacial score (nSPS) is 23.1. The molecule has 1 aromatic rings. The maximum atomic E-state index is 12.2. The predicted molar refractivity (Wildman–Crippen MR) is 76.6 cm³/mol. The molecule has 1 fully saturated rings. The van der Waals surface area contributed by atoms with Crippen molar-refractivity contribution in [2.24, 2.45) is 5.92 Å². The molecule has 104 valence electrons. The molecule has 0 aromatic heterocycles. The van der Waals surface area contributed by atoms with E-state index in [1.54, 1.807) is 12.1 Å². The van der Waals surface area contributed by atoms with E-state index < -0.39 is 0 Å². The van der Waals surface area contributed by atoms with Crippen LogP contribution in [0.15, 0.2) is 18.2 Å². The molecular weight excluding hydrogens is 262 g/mol. The van der Waals surface area contributed by atoms with Crippen molar-refractivity contribution in [3.63, 3.8) is 0 Å². The van der Waals surface area contributed by atoms with Crippen LogP contribution in [-0.2, 0) is 0 Å². The summed E-state index contributed by atoms with van der Waals surface area (Å²) in [5.41, 5.74) is 0.296. The number of phenolic OH excluding ortho intramolecular Hbond substituents is 1.